The molecule has 3 atom stereocenters. The van der Waals surface area contributed by atoms with E-state index in [4.69, 9.17) is 0 Å². The van der Waals surface area contributed by atoms with E-state index in [9.17, 15) is 27.9 Å². The molecule has 2 amide bonds. The van der Waals surface area contributed by atoms with Crippen molar-refractivity contribution in [2.24, 2.45) is 0 Å². The highest BCUT2D eigenvalue weighted by atomic mass is 19.4. The molecule has 0 aliphatic carbocycles. The van der Waals surface area contributed by atoms with Crippen LogP contribution in [0.4, 0.5) is 13.2 Å². The van der Waals surface area contributed by atoms with Crippen LogP contribution in [0.2, 0.25) is 0 Å². The predicted octanol–water partition coefficient (Wildman–Crippen LogP) is 2.66. The standard InChI is InChI=1S/C22H30F3N3O3/c1-2-4-17(9-12-29)27-10-7-19-18(27)8-11-28(19)20(30)14-26-21(31)15-5-3-6-16(13-15)22(23,24)25/h3,5-6,13,17-19,29H,2,4,7-12,14H2,1H3,(H,26,31)/t17-,18?,19?/m0/s1. The van der Waals surface area contributed by atoms with Crippen molar-refractivity contribution in [1.82, 2.24) is 15.1 Å². The van der Waals surface area contributed by atoms with Crippen LogP contribution in [0, 0.1) is 0 Å². The maximum Gasteiger partial charge on any atom is 0.416 e. The molecule has 2 aliphatic heterocycles. The molecule has 31 heavy (non-hydrogen) atoms. The average Bonchev–Trinajstić information content (AvgIpc) is 3.33. The van der Waals surface area contributed by atoms with Gasteiger partial charge in [-0.25, -0.2) is 0 Å². The van der Waals surface area contributed by atoms with E-state index < -0.39 is 17.6 Å². The number of carbonyl (C=O) groups excluding carboxylic acids is 2. The number of amides is 2. The van der Waals surface area contributed by atoms with Gasteiger partial charge in [0, 0.05) is 43.4 Å². The normalized spacial score (nSPS) is 22.4. The number of nitrogens with one attached hydrogen (secondary N) is 1. The summed E-state index contributed by atoms with van der Waals surface area (Å²) in [6.07, 6.45) is -0.0739. The summed E-state index contributed by atoms with van der Waals surface area (Å²) in [7, 11) is 0. The Morgan fingerprint density at radius 2 is 1.94 bits per heavy atom. The van der Waals surface area contributed by atoms with E-state index in [2.05, 4.69) is 17.1 Å². The Morgan fingerprint density at radius 1 is 1.19 bits per heavy atom. The van der Waals surface area contributed by atoms with Gasteiger partial charge in [0.2, 0.25) is 5.91 Å². The van der Waals surface area contributed by atoms with E-state index in [0.717, 1.165) is 50.8 Å². The first-order valence-corrected chi connectivity index (χ1v) is 10.9. The quantitative estimate of drug-likeness (QED) is 0.651. The van der Waals surface area contributed by atoms with Gasteiger partial charge < -0.3 is 15.3 Å². The first-order chi connectivity index (χ1) is 14.8. The zero-order valence-corrected chi connectivity index (χ0v) is 17.7. The number of hydrogen-bond acceptors (Lipinski definition) is 4. The summed E-state index contributed by atoms with van der Waals surface area (Å²) in [5, 5.41) is 11.9. The summed E-state index contributed by atoms with van der Waals surface area (Å²) < 4.78 is 38.5. The smallest absolute Gasteiger partial charge is 0.396 e. The summed E-state index contributed by atoms with van der Waals surface area (Å²) in [6.45, 7) is 3.49. The van der Waals surface area contributed by atoms with Crippen LogP contribution in [-0.2, 0) is 11.0 Å². The molecular formula is C22H30F3N3O3. The highest BCUT2D eigenvalue weighted by molar-refractivity contribution is 5.96. The van der Waals surface area contributed by atoms with Crippen molar-refractivity contribution < 1.29 is 27.9 Å². The molecule has 0 spiro atoms. The van der Waals surface area contributed by atoms with Gasteiger partial charge in [-0.05, 0) is 43.9 Å². The van der Waals surface area contributed by atoms with Crippen molar-refractivity contribution in [3.63, 3.8) is 0 Å². The zero-order chi connectivity index (χ0) is 22.6. The molecule has 2 unspecified atom stereocenters. The van der Waals surface area contributed by atoms with Gasteiger partial charge in [0.05, 0.1) is 12.1 Å². The number of aliphatic hydroxyl groups is 1. The van der Waals surface area contributed by atoms with Crippen LogP contribution < -0.4 is 5.32 Å². The van der Waals surface area contributed by atoms with Crippen molar-refractivity contribution in [3.05, 3.63) is 35.4 Å². The number of carbonyl (C=O) groups is 2. The molecule has 2 saturated heterocycles. The molecule has 0 radical (unpaired) electrons. The second-order valence-electron chi connectivity index (χ2n) is 8.25. The fourth-order valence-electron chi connectivity index (χ4n) is 4.94. The van der Waals surface area contributed by atoms with Crippen LogP contribution in [0.3, 0.4) is 0 Å². The van der Waals surface area contributed by atoms with Crippen molar-refractivity contribution in [2.75, 3.05) is 26.2 Å². The third-order valence-corrected chi connectivity index (χ3v) is 6.35. The van der Waals surface area contributed by atoms with E-state index in [1.807, 2.05) is 0 Å². The minimum absolute atomic E-state index is 0.0796. The van der Waals surface area contributed by atoms with Crippen molar-refractivity contribution in [2.45, 2.75) is 63.3 Å². The molecular weight excluding hydrogens is 411 g/mol. The minimum atomic E-state index is -4.53. The number of nitrogens with zero attached hydrogens (tertiary/aromatic N) is 2. The first-order valence-electron chi connectivity index (χ1n) is 10.9. The summed E-state index contributed by atoms with van der Waals surface area (Å²) in [4.78, 5) is 29.2. The molecule has 0 aromatic heterocycles. The van der Waals surface area contributed by atoms with Gasteiger partial charge in [0.25, 0.3) is 5.91 Å². The Kier molecular flexibility index (Phi) is 7.59. The Hall–Kier alpha value is -2.13. The Bertz CT molecular complexity index is 781. The summed E-state index contributed by atoms with van der Waals surface area (Å²) in [5.41, 5.74) is -1.02. The third kappa shape index (κ3) is 5.38. The monoisotopic (exact) mass is 441 g/mol. The highest BCUT2D eigenvalue weighted by Gasteiger charge is 2.45. The lowest BCUT2D eigenvalue weighted by Crippen LogP contribution is -2.46. The number of hydrogen-bond donors (Lipinski definition) is 2. The van der Waals surface area contributed by atoms with Gasteiger partial charge in [-0.1, -0.05) is 19.4 Å². The Labute approximate surface area is 180 Å². The second kappa shape index (κ2) is 9.99. The van der Waals surface area contributed by atoms with Crippen LogP contribution in [0.1, 0.15) is 54.9 Å². The van der Waals surface area contributed by atoms with Crippen LogP contribution in [0.25, 0.3) is 0 Å². The van der Waals surface area contributed by atoms with Gasteiger partial charge in [0.1, 0.15) is 0 Å². The van der Waals surface area contributed by atoms with Crippen LogP contribution >= 0.6 is 0 Å². The average molecular weight is 441 g/mol. The number of benzene rings is 1. The van der Waals surface area contributed by atoms with Crippen LogP contribution in [0.5, 0.6) is 0 Å². The molecule has 2 fully saturated rings. The molecule has 1 aromatic rings. The SMILES string of the molecule is CCC[C@@H](CCO)N1CCC2C1CCN2C(=O)CNC(=O)c1cccc(C(F)(F)F)c1. The lowest BCUT2D eigenvalue weighted by atomic mass is 10.0. The summed E-state index contributed by atoms with van der Waals surface area (Å²) in [6, 6.07) is 4.81. The number of alkyl halides is 3. The van der Waals surface area contributed by atoms with Gasteiger partial charge in [-0.2, -0.15) is 13.2 Å². The Morgan fingerprint density at radius 3 is 2.61 bits per heavy atom. The van der Waals surface area contributed by atoms with E-state index in [1.165, 1.54) is 12.1 Å². The second-order valence-corrected chi connectivity index (χ2v) is 8.25. The van der Waals surface area contributed by atoms with Crippen LogP contribution in [0.15, 0.2) is 24.3 Å². The number of aliphatic hydroxyl groups excluding tert-OH is 1. The Balaban J connectivity index is 1.57. The number of likely N-dealkylation sites (tertiary alicyclic amines) is 2. The summed E-state index contributed by atoms with van der Waals surface area (Å²) >= 11 is 0. The predicted molar refractivity (Wildman–Crippen MR) is 109 cm³/mol. The first kappa shape index (κ1) is 23.5. The fraction of sp³-hybridized carbons (Fsp3) is 0.636. The minimum Gasteiger partial charge on any atom is -0.396 e. The van der Waals surface area contributed by atoms with Gasteiger partial charge in [-0.15, -0.1) is 0 Å². The topological polar surface area (TPSA) is 72.9 Å². The van der Waals surface area contributed by atoms with Gasteiger partial charge >= 0.3 is 6.18 Å². The fourth-order valence-corrected chi connectivity index (χ4v) is 4.94. The molecule has 0 bridgehead atoms. The maximum atomic E-state index is 12.8. The molecule has 6 nitrogen and oxygen atoms in total. The maximum absolute atomic E-state index is 12.8. The van der Waals surface area contributed by atoms with E-state index in [-0.39, 0.29) is 36.7 Å². The highest BCUT2D eigenvalue weighted by Crippen LogP contribution is 2.34. The van der Waals surface area contributed by atoms with Gasteiger partial charge in [-0.3, -0.25) is 14.5 Å². The number of rotatable bonds is 8. The molecule has 9 heteroatoms. The van der Waals surface area contributed by atoms with Crippen molar-refractivity contribution >= 4 is 11.8 Å². The third-order valence-electron chi connectivity index (χ3n) is 6.35. The molecule has 0 saturated carbocycles. The lowest BCUT2D eigenvalue weighted by Gasteiger charge is -2.32. The van der Waals surface area contributed by atoms with Crippen LogP contribution in [-0.4, -0.2) is 71.1 Å². The van der Waals surface area contributed by atoms with E-state index in [0.29, 0.717) is 12.6 Å². The zero-order valence-electron chi connectivity index (χ0n) is 17.7. The van der Waals surface area contributed by atoms with Gasteiger partial charge in [0.15, 0.2) is 0 Å². The lowest BCUT2D eigenvalue weighted by molar-refractivity contribution is -0.137. The molecule has 172 valence electrons. The number of fused-ring (bicyclic) bond motifs is 1. The summed E-state index contributed by atoms with van der Waals surface area (Å²) in [5.74, 6) is -0.918. The largest absolute Gasteiger partial charge is 0.416 e. The molecule has 2 heterocycles. The molecule has 2 N–H and O–H groups in total. The van der Waals surface area contributed by atoms with E-state index >= 15 is 0 Å². The van der Waals surface area contributed by atoms with Crippen molar-refractivity contribution in [3.8, 4) is 0 Å². The molecule has 2 aliphatic rings. The number of halogens is 3. The van der Waals surface area contributed by atoms with Crippen molar-refractivity contribution in [1.29, 1.82) is 0 Å². The molecule has 3 rings (SSSR count). The van der Waals surface area contributed by atoms with E-state index in [1.54, 1.807) is 4.90 Å². The molecule has 1 aromatic carbocycles.